The van der Waals surface area contributed by atoms with Crippen molar-refractivity contribution in [3.8, 4) is 11.5 Å². The molecule has 0 aromatic heterocycles. The van der Waals surface area contributed by atoms with Crippen molar-refractivity contribution in [3.05, 3.63) is 21.1 Å². The standard InChI is InChI=1S/C9H8Br2F2O2/c1-2-14-5-3-6(10)8(11)7(4-5)15-9(12)13/h3-4,9H,2H2,1H3. The Kier molecular flexibility index (Phi) is 4.79. The maximum atomic E-state index is 12.1. The van der Waals surface area contributed by atoms with Crippen molar-refractivity contribution in [2.45, 2.75) is 13.5 Å². The molecule has 0 fully saturated rings. The van der Waals surface area contributed by atoms with Gasteiger partial charge in [0.05, 0.1) is 11.1 Å². The third-order valence-corrected chi connectivity index (χ3v) is 3.47. The highest BCUT2D eigenvalue weighted by molar-refractivity contribution is 9.13. The molecular formula is C9H8Br2F2O2. The second-order valence-electron chi connectivity index (χ2n) is 2.53. The molecule has 15 heavy (non-hydrogen) atoms. The van der Waals surface area contributed by atoms with Gasteiger partial charge < -0.3 is 9.47 Å². The third kappa shape index (κ3) is 3.61. The summed E-state index contributed by atoms with van der Waals surface area (Å²) in [6, 6.07) is 3.08. The Hall–Kier alpha value is -0.360. The van der Waals surface area contributed by atoms with Gasteiger partial charge in [-0.15, -0.1) is 0 Å². The SMILES string of the molecule is CCOc1cc(Br)c(Br)c(OC(F)F)c1. The van der Waals surface area contributed by atoms with Crippen LogP contribution in [-0.2, 0) is 0 Å². The normalized spacial score (nSPS) is 10.5. The lowest BCUT2D eigenvalue weighted by Crippen LogP contribution is -2.03. The van der Waals surface area contributed by atoms with Crippen molar-refractivity contribution in [1.82, 2.24) is 0 Å². The molecule has 0 spiro atoms. The minimum absolute atomic E-state index is 0.0443. The molecule has 0 aliphatic carbocycles. The average Bonchev–Trinajstić information content (AvgIpc) is 2.13. The van der Waals surface area contributed by atoms with Crippen LogP contribution in [0.4, 0.5) is 8.78 Å². The van der Waals surface area contributed by atoms with Crippen LogP contribution in [0.25, 0.3) is 0 Å². The molecule has 0 aliphatic rings. The predicted octanol–water partition coefficient (Wildman–Crippen LogP) is 4.21. The highest BCUT2D eigenvalue weighted by atomic mass is 79.9. The van der Waals surface area contributed by atoms with Gasteiger partial charge >= 0.3 is 6.61 Å². The van der Waals surface area contributed by atoms with Crippen LogP contribution in [0.15, 0.2) is 21.1 Å². The van der Waals surface area contributed by atoms with Crippen molar-refractivity contribution < 1.29 is 18.3 Å². The Labute approximate surface area is 103 Å². The smallest absolute Gasteiger partial charge is 0.387 e. The summed E-state index contributed by atoms with van der Waals surface area (Å²) in [6.07, 6.45) is 0. The van der Waals surface area contributed by atoms with Crippen LogP contribution in [0.3, 0.4) is 0 Å². The van der Waals surface area contributed by atoms with Crippen LogP contribution in [0.5, 0.6) is 11.5 Å². The molecule has 0 N–H and O–H groups in total. The molecule has 0 aliphatic heterocycles. The van der Waals surface area contributed by atoms with Gasteiger partial charge in [-0.3, -0.25) is 0 Å². The molecule has 84 valence electrons. The van der Waals surface area contributed by atoms with Crippen LogP contribution in [0.1, 0.15) is 6.92 Å². The van der Waals surface area contributed by atoms with E-state index in [1.54, 1.807) is 6.07 Å². The van der Waals surface area contributed by atoms with Crippen LogP contribution in [0, 0.1) is 0 Å². The third-order valence-electron chi connectivity index (χ3n) is 1.50. The number of ether oxygens (including phenoxy) is 2. The Morgan fingerprint density at radius 1 is 1.33 bits per heavy atom. The van der Waals surface area contributed by atoms with Crippen LogP contribution < -0.4 is 9.47 Å². The van der Waals surface area contributed by atoms with E-state index in [0.717, 1.165) is 0 Å². The second-order valence-corrected chi connectivity index (χ2v) is 4.18. The van der Waals surface area contributed by atoms with E-state index in [2.05, 4.69) is 36.6 Å². The molecule has 1 aromatic rings. The van der Waals surface area contributed by atoms with Crippen molar-refractivity contribution in [2.24, 2.45) is 0 Å². The summed E-state index contributed by atoms with van der Waals surface area (Å²) in [6.45, 7) is -0.587. The largest absolute Gasteiger partial charge is 0.494 e. The molecule has 0 bridgehead atoms. The molecule has 0 saturated heterocycles. The number of hydrogen-bond acceptors (Lipinski definition) is 2. The summed E-state index contributed by atoms with van der Waals surface area (Å²) < 4.78 is 34.6. The fourth-order valence-corrected chi connectivity index (χ4v) is 1.72. The Morgan fingerprint density at radius 2 is 2.00 bits per heavy atom. The summed E-state index contributed by atoms with van der Waals surface area (Å²) in [5, 5.41) is 0. The molecule has 0 saturated carbocycles. The van der Waals surface area contributed by atoms with E-state index in [0.29, 0.717) is 21.3 Å². The first-order valence-corrected chi connectivity index (χ1v) is 5.69. The lowest BCUT2D eigenvalue weighted by atomic mass is 10.3. The Bertz CT molecular complexity index is 345. The number of rotatable bonds is 4. The first-order valence-electron chi connectivity index (χ1n) is 4.11. The maximum Gasteiger partial charge on any atom is 0.387 e. The number of halogens is 4. The summed E-state index contributed by atoms with van der Waals surface area (Å²) in [5.74, 6) is 0.519. The fourth-order valence-electron chi connectivity index (χ4n) is 0.972. The number of hydrogen-bond donors (Lipinski definition) is 0. The van der Waals surface area contributed by atoms with Crippen LogP contribution >= 0.6 is 31.9 Å². The zero-order chi connectivity index (χ0) is 11.4. The topological polar surface area (TPSA) is 18.5 Å². The summed E-state index contributed by atoms with van der Waals surface area (Å²) in [5.41, 5.74) is 0. The first kappa shape index (κ1) is 12.7. The molecular weight excluding hydrogens is 338 g/mol. The zero-order valence-electron chi connectivity index (χ0n) is 7.77. The van der Waals surface area contributed by atoms with E-state index < -0.39 is 6.61 Å². The van der Waals surface area contributed by atoms with Crippen molar-refractivity contribution in [2.75, 3.05) is 6.61 Å². The molecule has 0 radical (unpaired) electrons. The minimum atomic E-state index is -2.86. The molecule has 0 unspecified atom stereocenters. The van der Waals surface area contributed by atoms with Gasteiger partial charge in [-0.25, -0.2) is 0 Å². The van der Waals surface area contributed by atoms with Gasteiger partial charge in [-0.2, -0.15) is 8.78 Å². The average molecular weight is 346 g/mol. The van der Waals surface area contributed by atoms with E-state index in [-0.39, 0.29) is 5.75 Å². The first-order chi connectivity index (χ1) is 7.04. The molecule has 6 heteroatoms. The summed E-state index contributed by atoms with van der Waals surface area (Å²) in [4.78, 5) is 0. The van der Waals surface area contributed by atoms with Crippen molar-refractivity contribution in [1.29, 1.82) is 0 Å². The van der Waals surface area contributed by atoms with E-state index in [9.17, 15) is 8.78 Å². The van der Waals surface area contributed by atoms with E-state index in [1.807, 2.05) is 6.92 Å². The molecule has 1 rings (SSSR count). The molecule has 0 amide bonds. The van der Waals surface area contributed by atoms with Gasteiger partial charge in [-0.1, -0.05) is 0 Å². The van der Waals surface area contributed by atoms with Gasteiger partial charge in [0.25, 0.3) is 0 Å². The van der Waals surface area contributed by atoms with Crippen molar-refractivity contribution >= 4 is 31.9 Å². The van der Waals surface area contributed by atoms with Crippen LogP contribution in [-0.4, -0.2) is 13.2 Å². The van der Waals surface area contributed by atoms with Gasteiger partial charge in [0, 0.05) is 10.5 Å². The van der Waals surface area contributed by atoms with Gasteiger partial charge in [0.1, 0.15) is 11.5 Å². The predicted molar refractivity (Wildman–Crippen MR) is 59.6 cm³/mol. The highest BCUT2D eigenvalue weighted by Crippen LogP contribution is 2.37. The quantitative estimate of drug-likeness (QED) is 0.813. The number of benzene rings is 1. The van der Waals surface area contributed by atoms with E-state index >= 15 is 0 Å². The van der Waals surface area contributed by atoms with Crippen molar-refractivity contribution in [3.63, 3.8) is 0 Å². The highest BCUT2D eigenvalue weighted by Gasteiger charge is 2.12. The maximum absolute atomic E-state index is 12.1. The Balaban J connectivity index is 3.01. The van der Waals surface area contributed by atoms with Gasteiger partial charge in [0.2, 0.25) is 0 Å². The summed E-state index contributed by atoms with van der Waals surface area (Å²) >= 11 is 6.34. The fraction of sp³-hybridized carbons (Fsp3) is 0.333. The monoisotopic (exact) mass is 344 g/mol. The molecule has 0 atom stereocenters. The summed E-state index contributed by atoms with van der Waals surface area (Å²) in [7, 11) is 0. The molecule has 2 nitrogen and oxygen atoms in total. The lowest BCUT2D eigenvalue weighted by molar-refractivity contribution is -0.0504. The molecule has 0 heterocycles. The number of alkyl halides is 2. The second kappa shape index (κ2) is 5.65. The minimum Gasteiger partial charge on any atom is -0.494 e. The molecule has 1 aromatic carbocycles. The van der Waals surface area contributed by atoms with Gasteiger partial charge in [-0.05, 0) is 44.8 Å². The van der Waals surface area contributed by atoms with Gasteiger partial charge in [0.15, 0.2) is 0 Å². The van der Waals surface area contributed by atoms with E-state index in [1.165, 1.54) is 6.07 Å². The zero-order valence-corrected chi connectivity index (χ0v) is 10.9. The Morgan fingerprint density at radius 3 is 2.53 bits per heavy atom. The van der Waals surface area contributed by atoms with E-state index in [4.69, 9.17) is 4.74 Å². The van der Waals surface area contributed by atoms with Crippen LogP contribution in [0.2, 0.25) is 0 Å². The lowest BCUT2D eigenvalue weighted by Gasteiger charge is -2.11.